The van der Waals surface area contributed by atoms with Gasteiger partial charge in [0.1, 0.15) is 6.10 Å². The van der Waals surface area contributed by atoms with E-state index in [1.165, 1.54) is 128 Å². The second-order valence-corrected chi connectivity index (χ2v) is 13.2. The number of epoxide rings is 1. The van der Waals surface area contributed by atoms with E-state index in [-0.39, 0.29) is 12.1 Å². The van der Waals surface area contributed by atoms with Crippen LogP contribution in [-0.2, 0) is 19.0 Å². The lowest BCUT2D eigenvalue weighted by Crippen LogP contribution is -2.11. The van der Waals surface area contributed by atoms with Crippen molar-refractivity contribution in [2.45, 2.75) is 205 Å². The van der Waals surface area contributed by atoms with Crippen molar-refractivity contribution in [1.29, 1.82) is 0 Å². The van der Waals surface area contributed by atoms with Crippen molar-refractivity contribution in [2.75, 3.05) is 7.11 Å². The predicted molar refractivity (Wildman–Crippen MR) is 178 cm³/mol. The number of unbranched alkanes of at least 4 members (excludes halogenated alkanes) is 18. The van der Waals surface area contributed by atoms with Crippen LogP contribution in [0.5, 0.6) is 0 Å². The second-order valence-electron chi connectivity index (χ2n) is 13.2. The molecule has 2 rings (SSSR count). The SMILES string of the molecule is CCCCCCCCCCC/C=C\CCC(CCC1OC1CCCCCCCCCCCCC1=C[C@H](C)OC1=O)OC. The highest BCUT2D eigenvalue weighted by Gasteiger charge is 2.37. The third kappa shape index (κ3) is 19.2. The molecular weight excluding hydrogens is 520 g/mol. The highest BCUT2D eigenvalue weighted by Crippen LogP contribution is 2.32. The van der Waals surface area contributed by atoms with Gasteiger partial charge in [0.15, 0.2) is 0 Å². The maximum absolute atomic E-state index is 11.6. The van der Waals surface area contributed by atoms with Gasteiger partial charge in [-0.3, -0.25) is 0 Å². The van der Waals surface area contributed by atoms with Gasteiger partial charge in [-0.2, -0.15) is 0 Å². The number of methoxy groups -OCH3 is 1. The summed E-state index contributed by atoms with van der Waals surface area (Å²) >= 11 is 0. The summed E-state index contributed by atoms with van der Waals surface area (Å²) in [5.41, 5.74) is 0.891. The Bertz CT molecular complexity index is 714. The van der Waals surface area contributed by atoms with Crippen LogP contribution in [0.3, 0.4) is 0 Å². The molecule has 2 aliphatic rings. The standard InChI is InChI=1S/C38H68O4/c1-4-5-6-7-8-9-10-11-12-16-19-22-25-28-35(40-3)30-31-37-36(42-37)29-26-23-20-17-14-13-15-18-21-24-27-34-32-33(2)41-38(34)39/h19,22,32-33,35-37H,4-18,20-21,23-31H2,1-3H3/b22-19-/t33-,35?,36?,37?/m0/s1. The quantitative estimate of drug-likeness (QED) is 0.0362. The average Bonchev–Trinajstić information content (AvgIpc) is 3.66. The molecule has 2 aliphatic heterocycles. The van der Waals surface area contributed by atoms with Crippen LogP contribution in [0, 0.1) is 0 Å². The molecule has 4 atom stereocenters. The van der Waals surface area contributed by atoms with E-state index in [4.69, 9.17) is 14.2 Å². The summed E-state index contributed by atoms with van der Waals surface area (Å²) < 4.78 is 16.9. The van der Waals surface area contributed by atoms with Gasteiger partial charge in [-0.05, 0) is 70.8 Å². The lowest BCUT2D eigenvalue weighted by Gasteiger charge is -2.13. The van der Waals surface area contributed by atoms with Crippen molar-refractivity contribution in [2.24, 2.45) is 0 Å². The minimum absolute atomic E-state index is 0.0269. The molecule has 244 valence electrons. The van der Waals surface area contributed by atoms with Crippen LogP contribution in [0.2, 0.25) is 0 Å². The Morgan fingerprint density at radius 2 is 1.26 bits per heavy atom. The molecule has 0 N–H and O–H groups in total. The molecule has 2 heterocycles. The molecule has 0 bridgehead atoms. The first-order chi connectivity index (χ1) is 20.6. The van der Waals surface area contributed by atoms with Crippen LogP contribution in [0.4, 0.5) is 0 Å². The first kappa shape index (κ1) is 37.1. The smallest absolute Gasteiger partial charge is 0.334 e. The number of cyclic esters (lactones) is 1. The lowest BCUT2D eigenvalue weighted by molar-refractivity contribution is -0.139. The van der Waals surface area contributed by atoms with Crippen LogP contribution >= 0.6 is 0 Å². The third-order valence-corrected chi connectivity index (χ3v) is 9.27. The summed E-state index contributed by atoms with van der Waals surface area (Å²) in [5.74, 6) is -0.0979. The van der Waals surface area contributed by atoms with Gasteiger partial charge >= 0.3 is 5.97 Å². The minimum atomic E-state index is -0.0979. The monoisotopic (exact) mass is 589 g/mol. The van der Waals surface area contributed by atoms with Crippen molar-refractivity contribution in [3.05, 3.63) is 23.8 Å². The molecule has 0 saturated carbocycles. The van der Waals surface area contributed by atoms with Gasteiger partial charge in [-0.25, -0.2) is 4.79 Å². The summed E-state index contributed by atoms with van der Waals surface area (Å²) in [4.78, 5) is 11.6. The average molecular weight is 589 g/mol. The van der Waals surface area contributed by atoms with E-state index >= 15 is 0 Å². The second kappa shape index (κ2) is 25.2. The lowest BCUT2D eigenvalue weighted by atomic mass is 10.0. The number of ether oxygens (including phenoxy) is 3. The van der Waals surface area contributed by atoms with Crippen LogP contribution in [-0.4, -0.2) is 37.5 Å². The summed E-state index contributed by atoms with van der Waals surface area (Å²) in [6.07, 6.45) is 41.8. The maximum Gasteiger partial charge on any atom is 0.334 e. The number of allylic oxidation sites excluding steroid dienone is 2. The zero-order chi connectivity index (χ0) is 30.1. The Kier molecular flexibility index (Phi) is 22.3. The van der Waals surface area contributed by atoms with E-state index in [1.54, 1.807) is 0 Å². The predicted octanol–water partition coefficient (Wildman–Crippen LogP) is 11.4. The van der Waals surface area contributed by atoms with Gasteiger partial charge in [0.2, 0.25) is 0 Å². The van der Waals surface area contributed by atoms with E-state index in [2.05, 4.69) is 19.1 Å². The zero-order valence-electron chi connectivity index (χ0n) is 28.1. The van der Waals surface area contributed by atoms with Crippen molar-refractivity contribution in [3.8, 4) is 0 Å². The summed E-state index contributed by atoms with van der Waals surface area (Å²) in [5, 5.41) is 0. The number of rotatable bonds is 30. The van der Waals surface area contributed by atoms with E-state index in [9.17, 15) is 4.79 Å². The van der Waals surface area contributed by atoms with Gasteiger partial charge in [0.05, 0.1) is 18.3 Å². The molecule has 1 saturated heterocycles. The number of hydrogen-bond acceptors (Lipinski definition) is 4. The van der Waals surface area contributed by atoms with Gasteiger partial charge < -0.3 is 14.2 Å². The number of hydrogen-bond donors (Lipinski definition) is 0. The molecular formula is C38H68O4. The highest BCUT2D eigenvalue weighted by molar-refractivity contribution is 5.90. The largest absolute Gasteiger partial charge is 0.455 e. The van der Waals surface area contributed by atoms with E-state index in [0.717, 1.165) is 44.1 Å². The molecule has 0 aromatic rings. The number of esters is 1. The van der Waals surface area contributed by atoms with E-state index in [1.807, 2.05) is 20.1 Å². The van der Waals surface area contributed by atoms with Crippen molar-refractivity contribution in [3.63, 3.8) is 0 Å². The van der Waals surface area contributed by atoms with Gasteiger partial charge in [-0.1, -0.05) is 128 Å². The molecule has 0 aliphatic carbocycles. The molecule has 4 heteroatoms. The first-order valence-corrected chi connectivity index (χ1v) is 18.4. The van der Waals surface area contributed by atoms with Gasteiger partial charge in [0.25, 0.3) is 0 Å². The van der Waals surface area contributed by atoms with Crippen LogP contribution in [0.25, 0.3) is 0 Å². The Morgan fingerprint density at radius 3 is 1.86 bits per heavy atom. The zero-order valence-corrected chi connectivity index (χ0v) is 28.1. The Morgan fingerprint density at radius 1 is 0.714 bits per heavy atom. The number of carbonyl (C=O) groups is 1. The molecule has 0 aromatic heterocycles. The van der Waals surface area contributed by atoms with Gasteiger partial charge in [0, 0.05) is 12.7 Å². The molecule has 0 amide bonds. The van der Waals surface area contributed by atoms with Crippen LogP contribution < -0.4 is 0 Å². The Hall–Kier alpha value is -1.13. The Balaban J connectivity index is 1.30. The molecule has 0 radical (unpaired) electrons. The van der Waals surface area contributed by atoms with Crippen molar-refractivity contribution < 1.29 is 19.0 Å². The molecule has 4 nitrogen and oxygen atoms in total. The molecule has 1 fully saturated rings. The summed E-state index contributed by atoms with van der Waals surface area (Å²) in [7, 11) is 1.87. The first-order valence-electron chi connectivity index (χ1n) is 18.4. The highest BCUT2D eigenvalue weighted by atomic mass is 16.6. The summed E-state index contributed by atoms with van der Waals surface area (Å²) in [6.45, 7) is 4.22. The molecule has 3 unspecified atom stereocenters. The molecule has 0 aromatic carbocycles. The van der Waals surface area contributed by atoms with Crippen molar-refractivity contribution >= 4 is 5.97 Å². The van der Waals surface area contributed by atoms with Crippen LogP contribution in [0.1, 0.15) is 181 Å². The normalized spacial score (nSPS) is 20.8. The topological polar surface area (TPSA) is 48.1 Å². The molecule has 0 spiro atoms. The van der Waals surface area contributed by atoms with Gasteiger partial charge in [-0.15, -0.1) is 0 Å². The molecule has 42 heavy (non-hydrogen) atoms. The van der Waals surface area contributed by atoms with E-state index in [0.29, 0.717) is 18.3 Å². The van der Waals surface area contributed by atoms with Crippen LogP contribution in [0.15, 0.2) is 23.8 Å². The van der Waals surface area contributed by atoms with Crippen molar-refractivity contribution in [1.82, 2.24) is 0 Å². The third-order valence-electron chi connectivity index (χ3n) is 9.27. The number of carbonyl (C=O) groups excluding carboxylic acids is 1. The maximum atomic E-state index is 11.6. The van der Waals surface area contributed by atoms with E-state index < -0.39 is 0 Å². The fraction of sp³-hybridized carbons (Fsp3) is 0.868. The minimum Gasteiger partial charge on any atom is -0.455 e. The summed E-state index contributed by atoms with van der Waals surface area (Å²) in [6, 6.07) is 0. The Labute approximate surface area is 260 Å². The fourth-order valence-corrected chi connectivity index (χ4v) is 6.40. The fourth-order valence-electron chi connectivity index (χ4n) is 6.40.